The molecular weight excluding hydrogens is 394 g/mol. The van der Waals surface area contributed by atoms with Crippen LogP contribution in [-0.2, 0) is 11.2 Å². The van der Waals surface area contributed by atoms with Gasteiger partial charge in [0.2, 0.25) is 5.91 Å². The van der Waals surface area contributed by atoms with Crippen LogP contribution in [0.25, 0.3) is 0 Å². The van der Waals surface area contributed by atoms with Crippen molar-refractivity contribution in [3.63, 3.8) is 0 Å². The number of carbonyl (C=O) groups excluding carboxylic acids is 1. The summed E-state index contributed by atoms with van der Waals surface area (Å²) >= 11 is 6.19. The van der Waals surface area contributed by atoms with Gasteiger partial charge in [-0.15, -0.1) is 0 Å². The van der Waals surface area contributed by atoms with Gasteiger partial charge in [-0.2, -0.15) is 0 Å². The summed E-state index contributed by atoms with van der Waals surface area (Å²) < 4.78 is 0. The minimum absolute atomic E-state index is 0.0405. The number of hydrogen-bond donors (Lipinski definition) is 1. The number of nitrogens with zero attached hydrogens (tertiary/aromatic N) is 2. The van der Waals surface area contributed by atoms with Crippen LogP contribution in [0.3, 0.4) is 0 Å². The normalized spacial score (nSPS) is 15.7. The predicted octanol–water partition coefficient (Wildman–Crippen LogP) is 4.35. The number of aliphatic imine (C=N–C) groups is 1. The molecule has 0 fully saturated rings. The average molecular weight is 418 g/mol. The fraction of sp³-hybridized carbons (Fsp3) is 0.200. The Morgan fingerprint density at radius 2 is 1.73 bits per heavy atom. The quantitative estimate of drug-likeness (QED) is 0.670. The zero-order chi connectivity index (χ0) is 20.9. The first-order valence-electron chi connectivity index (χ1n) is 10.1. The molecule has 1 aliphatic heterocycles. The molecule has 3 aromatic carbocycles. The summed E-state index contributed by atoms with van der Waals surface area (Å²) in [6.07, 6.45) is 0.269. The SMILES string of the molecule is CN1c2ccccc2C(c2ccccc2)=NCC1CNC(=O)Cc1ccccc1Cl. The molecule has 0 saturated heterocycles. The van der Waals surface area contributed by atoms with Crippen LogP contribution in [0.4, 0.5) is 5.69 Å². The van der Waals surface area contributed by atoms with E-state index in [0.29, 0.717) is 18.1 Å². The maximum atomic E-state index is 12.5. The third kappa shape index (κ3) is 4.39. The first kappa shape index (κ1) is 20.2. The zero-order valence-corrected chi connectivity index (χ0v) is 17.6. The number of nitrogens with one attached hydrogen (secondary N) is 1. The van der Waals surface area contributed by atoms with E-state index in [2.05, 4.69) is 41.5 Å². The van der Waals surface area contributed by atoms with Gasteiger partial charge < -0.3 is 10.2 Å². The zero-order valence-electron chi connectivity index (χ0n) is 16.9. The van der Waals surface area contributed by atoms with Crippen molar-refractivity contribution in [3.8, 4) is 0 Å². The van der Waals surface area contributed by atoms with Crippen molar-refractivity contribution < 1.29 is 4.79 Å². The number of rotatable bonds is 5. The first-order valence-corrected chi connectivity index (χ1v) is 10.4. The van der Waals surface area contributed by atoms with Gasteiger partial charge in [-0.1, -0.05) is 78.3 Å². The van der Waals surface area contributed by atoms with Crippen molar-refractivity contribution in [1.29, 1.82) is 0 Å². The van der Waals surface area contributed by atoms with Crippen LogP contribution in [0.2, 0.25) is 5.02 Å². The monoisotopic (exact) mass is 417 g/mol. The van der Waals surface area contributed by atoms with E-state index < -0.39 is 0 Å². The lowest BCUT2D eigenvalue weighted by molar-refractivity contribution is -0.120. The largest absolute Gasteiger partial charge is 0.367 e. The Morgan fingerprint density at radius 1 is 1.03 bits per heavy atom. The summed E-state index contributed by atoms with van der Waals surface area (Å²) in [7, 11) is 2.06. The van der Waals surface area contributed by atoms with E-state index in [4.69, 9.17) is 16.6 Å². The van der Waals surface area contributed by atoms with Crippen LogP contribution in [-0.4, -0.2) is 37.8 Å². The van der Waals surface area contributed by atoms with Crippen molar-refractivity contribution in [1.82, 2.24) is 5.32 Å². The van der Waals surface area contributed by atoms with Gasteiger partial charge in [0.15, 0.2) is 0 Å². The summed E-state index contributed by atoms with van der Waals surface area (Å²) in [6, 6.07) is 26.0. The second kappa shape index (κ2) is 9.14. The van der Waals surface area contributed by atoms with E-state index >= 15 is 0 Å². The summed E-state index contributed by atoms with van der Waals surface area (Å²) in [5.41, 5.74) is 5.14. The van der Waals surface area contributed by atoms with Gasteiger partial charge in [0.05, 0.1) is 24.7 Å². The molecule has 4 rings (SSSR count). The molecule has 0 radical (unpaired) electrons. The van der Waals surface area contributed by atoms with Crippen molar-refractivity contribution in [2.75, 3.05) is 25.0 Å². The number of amides is 1. The van der Waals surface area contributed by atoms with Crippen molar-refractivity contribution in [3.05, 3.63) is 101 Å². The summed E-state index contributed by atoms with van der Waals surface area (Å²) in [6.45, 7) is 1.11. The third-order valence-electron chi connectivity index (χ3n) is 5.44. The highest BCUT2D eigenvalue weighted by Crippen LogP contribution is 2.27. The molecule has 1 heterocycles. The maximum absolute atomic E-state index is 12.5. The lowest BCUT2D eigenvalue weighted by Crippen LogP contribution is -2.44. The maximum Gasteiger partial charge on any atom is 0.224 e. The van der Waals surface area contributed by atoms with Crippen LogP contribution in [0.15, 0.2) is 83.9 Å². The van der Waals surface area contributed by atoms with Crippen LogP contribution in [0, 0.1) is 0 Å². The number of para-hydroxylation sites is 1. The van der Waals surface area contributed by atoms with Crippen molar-refractivity contribution >= 4 is 28.9 Å². The Balaban J connectivity index is 1.52. The molecule has 152 valence electrons. The van der Waals surface area contributed by atoms with E-state index in [1.807, 2.05) is 48.5 Å². The number of benzene rings is 3. The Morgan fingerprint density at radius 3 is 2.53 bits per heavy atom. The Bertz CT molecular complexity index is 1060. The molecule has 5 heteroatoms. The van der Waals surface area contributed by atoms with Gasteiger partial charge in [0.25, 0.3) is 0 Å². The molecule has 1 amide bonds. The van der Waals surface area contributed by atoms with Crippen molar-refractivity contribution in [2.45, 2.75) is 12.5 Å². The smallest absolute Gasteiger partial charge is 0.224 e. The lowest BCUT2D eigenvalue weighted by Gasteiger charge is -2.28. The Labute approximate surface area is 182 Å². The molecule has 1 aliphatic rings. The molecule has 0 bridgehead atoms. The highest BCUT2D eigenvalue weighted by molar-refractivity contribution is 6.31. The van der Waals surface area contributed by atoms with Gasteiger partial charge in [-0.05, 0) is 17.7 Å². The van der Waals surface area contributed by atoms with Gasteiger partial charge in [0, 0.05) is 35.4 Å². The van der Waals surface area contributed by atoms with E-state index in [-0.39, 0.29) is 18.4 Å². The number of hydrogen-bond acceptors (Lipinski definition) is 3. The lowest BCUT2D eigenvalue weighted by atomic mass is 10.0. The molecule has 0 aliphatic carbocycles. The second-order valence-electron chi connectivity index (χ2n) is 7.41. The molecule has 4 nitrogen and oxygen atoms in total. The highest BCUT2D eigenvalue weighted by atomic mass is 35.5. The van der Waals surface area contributed by atoms with Gasteiger partial charge >= 0.3 is 0 Å². The molecule has 1 N–H and O–H groups in total. The number of benzodiazepines with no additional fused rings is 1. The fourth-order valence-corrected chi connectivity index (χ4v) is 3.94. The van der Waals surface area contributed by atoms with E-state index in [1.54, 1.807) is 6.07 Å². The van der Waals surface area contributed by atoms with Crippen LogP contribution in [0.5, 0.6) is 0 Å². The standard InChI is InChI=1S/C25H24ClN3O/c1-29-20(16-27-24(30)15-19-11-5-7-13-22(19)26)17-28-25(18-9-3-2-4-10-18)21-12-6-8-14-23(21)29/h2-14,20H,15-17H2,1H3,(H,27,30). The average Bonchev–Trinajstić information content (AvgIpc) is 2.91. The summed E-state index contributed by atoms with van der Waals surface area (Å²) in [5.74, 6) is -0.0405. The topological polar surface area (TPSA) is 44.7 Å². The Kier molecular flexibility index (Phi) is 6.15. The van der Waals surface area contributed by atoms with E-state index in [1.165, 1.54) is 0 Å². The van der Waals surface area contributed by atoms with E-state index in [0.717, 1.165) is 28.1 Å². The minimum Gasteiger partial charge on any atom is -0.367 e. The first-order chi connectivity index (χ1) is 14.6. The molecule has 1 atom stereocenters. The fourth-order valence-electron chi connectivity index (χ4n) is 3.74. The second-order valence-corrected chi connectivity index (χ2v) is 7.82. The summed E-state index contributed by atoms with van der Waals surface area (Å²) in [4.78, 5) is 19.7. The van der Waals surface area contributed by atoms with Crippen LogP contribution >= 0.6 is 11.6 Å². The molecule has 30 heavy (non-hydrogen) atoms. The molecule has 0 aromatic heterocycles. The molecular formula is C25H24ClN3O. The molecule has 3 aromatic rings. The number of likely N-dealkylation sites (N-methyl/N-ethyl adjacent to an activating group) is 1. The number of halogens is 1. The van der Waals surface area contributed by atoms with E-state index in [9.17, 15) is 4.79 Å². The number of carbonyl (C=O) groups is 1. The molecule has 1 unspecified atom stereocenters. The number of anilines is 1. The predicted molar refractivity (Wildman–Crippen MR) is 124 cm³/mol. The molecule has 0 spiro atoms. The summed E-state index contributed by atoms with van der Waals surface area (Å²) in [5, 5.41) is 3.68. The minimum atomic E-state index is -0.0405. The Hall–Kier alpha value is -3.11. The van der Waals surface area contributed by atoms with Gasteiger partial charge in [-0.25, -0.2) is 0 Å². The van der Waals surface area contributed by atoms with Gasteiger partial charge in [0.1, 0.15) is 0 Å². The van der Waals surface area contributed by atoms with Gasteiger partial charge in [-0.3, -0.25) is 9.79 Å². The third-order valence-corrected chi connectivity index (χ3v) is 5.81. The van der Waals surface area contributed by atoms with Crippen LogP contribution in [0.1, 0.15) is 16.7 Å². The molecule has 0 saturated carbocycles. The highest BCUT2D eigenvalue weighted by Gasteiger charge is 2.24. The number of fused-ring (bicyclic) bond motifs is 1. The van der Waals surface area contributed by atoms with Crippen LogP contribution < -0.4 is 10.2 Å². The van der Waals surface area contributed by atoms with Crippen molar-refractivity contribution in [2.24, 2.45) is 4.99 Å².